The normalized spacial score (nSPS) is 10.2. The summed E-state index contributed by atoms with van der Waals surface area (Å²) in [5.41, 5.74) is 4.93. The highest BCUT2D eigenvalue weighted by Crippen LogP contribution is 2.23. The van der Waals surface area contributed by atoms with Gasteiger partial charge in [-0.25, -0.2) is 8.78 Å². The first kappa shape index (κ1) is 14.4. The van der Waals surface area contributed by atoms with Gasteiger partial charge in [-0.2, -0.15) is 0 Å². The third kappa shape index (κ3) is 3.11. The summed E-state index contributed by atoms with van der Waals surface area (Å²) in [6, 6.07) is 6.34. The van der Waals surface area contributed by atoms with Crippen LogP contribution in [-0.4, -0.2) is 10.8 Å². The molecule has 2 aromatic rings. The van der Waals surface area contributed by atoms with E-state index in [1.807, 2.05) is 0 Å². The number of nitro groups is 1. The largest absolute Gasteiger partial charge is 0.393 e. The van der Waals surface area contributed by atoms with Gasteiger partial charge >= 0.3 is 0 Å². The Bertz CT molecular complexity index is 735. The zero-order valence-electron chi connectivity index (χ0n) is 10.5. The van der Waals surface area contributed by atoms with Gasteiger partial charge in [0.1, 0.15) is 5.69 Å². The minimum Gasteiger partial charge on any atom is -0.393 e. The maximum Gasteiger partial charge on any atom is 0.292 e. The lowest BCUT2D eigenvalue weighted by molar-refractivity contribution is -0.383. The number of amides is 1. The van der Waals surface area contributed by atoms with E-state index >= 15 is 0 Å². The van der Waals surface area contributed by atoms with E-state index in [0.717, 1.165) is 18.2 Å². The van der Waals surface area contributed by atoms with Crippen LogP contribution in [0, 0.1) is 21.7 Å². The van der Waals surface area contributed by atoms with Crippen LogP contribution in [0.2, 0.25) is 0 Å². The first-order chi connectivity index (χ1) is 9.88. The van der Waals surface area contributed by atoms with Crippen molar-refractivity contribution in [1.82, 2.24) is 0 Å². The third-order valence-corrected chi connectivity index (χ3v) is 2.67. The van der Waals surface area contributed by atoms with E-state index in [2.05, 4.69) is 5.32 Å². The minimum atomic E-state index is -1.11. The van der Waals surface area contributed by atoms with Crippen LogP contribution in [0.15, 0.2) is 36.4 Å². The van der Waals surface area contributed by atoms with Gasteiger partial charge in [0.15, 0.2) is 11.6 Å². The van der Waals surface area contributed by atoms with Crippen molar-refractivity contribution < 1.29 is 18.5 Å². The number of hydrogen-bond acceptors (Lipinski definition) is 4. The maximum absolute atomic E-state index is 13.0. The van der Waals surface area contributed by atoms with Gasteiger partial charge in [0, 0.05) is 23.4 Å². The first-order valence-corrected chi connectivity index (χ1v) is 5.69. The Morgan fingerprint density at radius 2 is 1.86 bits per heavy atom. The molecule has 2 aromatic carbocycles. The molecule has 0 spiro atoms. The van der Waals surface area contributed by atoms with Crippen LogP contribution in [0.1, 0.15) is 10.4 Å². The van der Waals surface area contributed by atoms with Crippen LogP contribution in [0.25, 0.3) is 0 Å². The SMILES string of the molecule is Nc1ccc(C(=O)Nc2ccc(F)c(F)c2)cc1[N+](=O)[O-]. The fourth-order valence-corrected chi connectivity index (χ4v) is 1.62. The summed E-state index contributed by atoms with van der Waals surface area (Å²) in [5.74, 6) is -2.86. The number of nitrogens with two attached hydrogens (primary N) is 1. The van der Waals surface area contributed by atoms with Crippen LogP contribution < -0.4 is 11.1 Å². The Hall–Kier alpha value is -3.03. The standard InChI is InChI=1S/C13H9F2N3O3/c14-9-3-2-8(6-10(9)15)17-13(19)7-1-4-11(16)12(5-7)18(20)21/h1-6H,16H2,(H,17,19). The predicted octanol–water partition coefficient (Wildman–Crippen LogP) is 2.71. The summed E-state index contributed by atoms with van der Waals surface area (Å²) >= 11 is 0. The number of halogens is 2. The van der Waals surface area contributed by atoms with Gasteiger partial charge in [-0.3, -0.25) is 14.9 Å². The Morgan fingerprint density at radius 1 is 1.14 bits per heavy atom. The van der Waals surface area contributed by atoms with Crippen molar-refractivity contribution in [3.05, 3.63) is 63.7 Å². The lowest BCUT2D eigenvalue weighted by Crippen LogP contribution is -2.12. The van der Waals surface area contributed by atoms with Gasteiger partial charge in [-0.15, -0.1) is 0 Å². The average Bonchev–Trinajstić information content (AvgIpc) is 2.43. The summed E-state index contributed by atoms with van der Waals surface area (Å²) in [6.45, 7) is 0. The molecule has 0 aromatic heterocycles. The topological polar surface area (TPSA) is 98.3 Å². The lowest BCUT2D eigenvalue weighted by atomic mass is 10.1. The molecular formula is C13H9F2N3O3. The Kier molecular flexibility index (Phi) is 3.79. The van der Waals surface area contributed by atoms with E-state index in [9.17, 15) is 23.7 Å². The Morgan fingerprint density at radius 3 is 2.48 bits per heavy atom. The molecule has 0 heterocycles. The van der Waals surface area contributed by atoms with E-state index in [1.165, 1.54) is 18.2 Å². The molecule has 3 N–H and O–H groups in total. The van der Waals surface area contributed by atoms with Crippen LogP contribution >= 0.6 is 0 Å². The van der Waals surface area contributed by atoms with Crippen molar-refractivity contribution in [2.75, 3.05) is 11.1 Å². The number of rotatable bonds is 3. The van der Waals surface area contributed by atoms with E-state index in [1.54, 1.807) is 0 Å². The van der Waals surface area contributed by atoms with Gasteiger partial charge in [0.25, 0.3) is 11.6 Å². The van der Waals surface area contributed by atoms with Crippen molar-refractivity contribution in [2.45, 2.75) is 0 Å². The monoisotopic (exact) mass is 293 g/mol. The lowest BCUT2D eigenvalue weighted by Gasteiger charge is -2.06. The van der Waals surface area contributed by atoms with E-state index in [-0.39, 0.29) is 16.9 Å². The second kappa shape index (κ2) is 5.53. The molecule has 0 saturated carbocycles. The molecule has 8 heteroatoms. The number of hydrogen-bond donors (Lipinski definition) is 2. The number of carbonyl (C=O) groups is 1. The molecule has 0 atom stereocenters. The molecule has 2 rings (SSSR count). The molecule has 0 aliphatic carbocycles. The van der Waals surface area contributed by atoms with Gasteiger partial charge in [-0.05, 0) is 24.3 Å². The van der Waals surface area contributed by atoms with Crippen LogP contribution in [0.4, 0.5) is 25.8 Å². The molecule has 0 aliphatic heterocycles. The smallest absolute Gasteiger partial charge is 0.292 e. The average molecular weight is 293 g/mol. The van der Waals surface area contributed by atoms with E-state index in [4.69, 9.17) is 5.73 Å². The Balaban J connectivity index is 2.26. The fraction of sp³-hybridized carbons (Fsp3) is 0. The molecule has 0 aliphatic rings. The highest BCUT2D eigenvalue weighted by molar-refractivity contribution is 6.05. The summed E-state index contributed by atoms with van der Waals surface area (Å²) in [5, 5.41) is 13.0. The van der Waals surface area contributed by atoms with Crippen LogP contribution in [0.3, 0.4) is 0 Å². The zero-order chi connectivity index (χ0) is 15.6. The van der Waals surface area contributed by atoms with Crippen molar-refractivity contribution in [2.24, 2.45) is 0 Å². The van der Waals surface area contributed by atoms with E-state index in [0.29, 0.717) is 0 Å². The number of nitro benzene ring substituents is 1. The second-order valence-electron chi connectivity index (χ2n) is 4.11. The molecule has 21 heavy (non-hydrogen) atoms. The molecule has 0 saturated heterocycles. The van der Waals surface area contributed by atoms with Crippen molar-refractivity contribution >= 4 is 23.0 Å². The summed E-state index contributed by atoms with van der Waals surface area (Å²) in [7, 11) is 0. The van der Waals surface area contributed by atoms with Crippen molar-refractivity contribution in [1.29, 1.82) is 0 Å². The maximum atomic E-state index is 13.0. The van der Waals surface area contributed by atoms with Gasteiger partial charge < -0.3 is 11.1 Å². The van der Waals surface area contributed by atoms with Crippen LogP contribution in [-0.2, 0) is 0 Å². The number of carbonyl (C=O) groups excluding carboxylic acids is 1. The molecular weight excluding hydrogens is 284 g/mol. The van der Waals surface area contributed by atoms with E-state index < -0.39 is 28.2 Å². The zero-order valence-corrected chi connectivity index (χ0v) is 10.5. The highest BCUT2D eigenvalue weighted by atomic mass is 19.2. The van der Waals surface area contributed by atoms with Crippen LogP contribution in [0.5, 0.6) is 0 Å². The molecule has 0 bridgehead atoms. The van der Waals surface area contributed by atoms with Gasteiger partial charge in [-0.1, -0.05) is 0 Å². The molecule has 0 unspecified atom stereocenters. The predicted molar refractivity (Wildman–Crippen MR) is 71.8 cm³/mol. The fourth-order valence-electron chi connectivity index (χ4n) is 1.62. The number of benzene rings is 2. The molecule has 0 fully saturated rings. The third-order valence-electron chi connectivity index (χ3n) is 2.67. The van der Waals surface area contributed by atoms with Crippen molar-refractivity contribution in [3.8, 4) is 0 Å². The molecule has 108 valence electrons. The first-order valence-electron chi connectivity index (χ1n) is 5.69. The molecule has 0 radical (unpaired) electrons. The summed E-state index contributed by atoms with van der Waals surface area (Å²) in [4.78, 5) is 21.9. The summed E-state index contributed by atoms with van der Waals surface area (Å²) < 4.78 is 25.8. The summed E-state index contributed by atoms with van der Waals surface area (Å²) in [6.07, 6.45) is 0. The highest BCUT2D eigenvalue weighted by Gasteiger charge is 2.16. The number of nitrogens with one attached hydrogen (secondary N) is 1. The van der Waals surface area contributed by atoms with Gasteiger partial charge in [0.05, 0.1) is 4.92 Å². The molecule has 6 nitrogen and oxygen atoms in total. The minimum absolute atomic E-state index is 0.0263. The Labute approximate surface area is 117 Å². The quantitative estimate of drug-likeness (QED) is 0.516. The number of nitrogens with zero attached hydrogens (tertiary/aromatic N) is 1. The molecule has 1 amide bonds. The second-order valence-corrected chi connectivity index (χ2v) is 4.11. The number of anilines is 2. The van der Waals surface area contributed by atoms with Gasteiger partial charge in [0.2, 0.25) is 0 Å². The van der Waals surface area contributed by atoms with Crippen molar-refractivity contribution in [3.63, 3.8) is 0 Å². The number of nitrogen functional groups attached to an aromatic ring is 1.